The van der Waals surface area contributed by atoms with E-state index in [0.717, 1.165) is 38.0 Å². The monoisotopic (exact) mass is 537 g/mol. The summed E-state index contributed by atoms with van der Waals surface area (Å²) in [6.45, 7) is 2.26. The average Bonchev–Trinajstić information content (AvgIpc) is 3.67. The van der Waals surface area contributed by atoms with Gasteiger partial charge in [0.1, 0.15) is 21.4 Å². The van der Waals surface area contributed by atoms with E-state index in [0.29, 0.717) is 0 Å². The molecule has 0 bridgehead atoms. The molecule has 3 nitrogen and oxygen atoms in total. The first-order valence-electron chi connectivity index (χ1n) is 12.8. The van der Waals surface area contributed by atoms with Gasteiger partial charge in [0.05, 0.1) is 20.4 Å². The van der Waals surface area contributed by atoms with Crippen LogP contribution in [0.4, 0.5) is 0 Å². The summed E-state index contributed by atoms with van der Waals surface area (Å²) in [6, 6.07) is 25.3. The Balaban J connectivity index is 1.34. The van der Waals surface area contributed by atoms with Gasteiger partial charge in [0, 0.05) is 9.75 Å². The highest BCUT2D eigenvalue weighted by Gasteiger charge is 2.13. The van der Waals surface area contributed by atoms with Crippen molar-refractivity contribution >= 4 is 66.6 Å². The number of thiazole rings is 2. The molecule has 4 aromatic heterocycles. The maximum atomic E-state index is 5.04. The summed E-state index contributed by atoms with van der Waals surface area (Å²) in [5.74, 6) is 0. The molecule has 37 heavy (non-hydrogen) atoms. The Kier molecular flexibility index (Phi) is 7.22. The molecule has 6 aromatic rings. The number of unbranched alkanes of at least 4 members (excludes halogenated alkanes) is 3. The van der Waals surface area contributed by atoms with E-state index in [1.54, 1.807) is 22.7 Å². The molecule has 0 aliphatic rings. The summed E-state index contributed by atoms with van der Waals surface area (Å²) >= 11 is 5.26. The normalized spacial score (nSPS) is 11.8. The molecule has 0 aliphatic heterocycles. The maximum absolute atomic E-state index is 5.04. The SMILES string of the molecule is CCCCCCc1ccc(/C=C/c2cc(-c3nc4ccccc4s3)nc(-c3nc4ccccc4s3)c2)s1. The molecule has 0 radical (unpaired) electrons. The fourth-order valence-electron chi connectivity index (χ4n) is 4.35. The van der Waals surface area contributed by atoms with Gasteiger partial charge in [-0.1, -0.05) is 56.5 Å². The molecule has 0 saturated carbocycles. The van der Waals surface area contributed by atoms with Crippen LogP contribution in [0, 0.1) is 0 Å². The van der Waals surface area contributed by atoms with Gasteiger partial charge in [0.25, 0.3) is 0 Å². The lowest BCUT2D eigenvalue weighted by molar-refractivity contribution is 0.670. The molecule has 0 aliphatic carbocycles. The average molecular weight is 538 g/mol. The lowest BCUT2D eigenvalue weighted by atomic mass is 10.1. The molecule has 0 saturated heterocycles. The first-order chi connectivity index (χ1) is 18.2. The number of hydrogen-bond donors (Lipinski definition) is 0. The number of aryl methyl sites for hydroxylation is 1. The third-order valence-corrected chi connectivity index (χ3v) is 9.50. The van der Waals surface area contributed by atoms with Crippen LogP contribution in [0.5, 0.6) is 0 Å². The quantitative estimate of drug-likeness (QED) is 0.172. The van der Waals surface area contributed by atoms with Crippen LogP contribution in [0.3, 0.4) is 0 Å². The van der Waals surface area contributed by atoms with E-state index in [-0.39, 0.29) is 0 Å². The number of pyridine rings is 1. The predicted octanol–water partition coefficient (Wildman–Crippen LogP) is 9.99. The lowest BCUT2D eigenvalue weighted by Gasteiger charge is -2.03. The topological polar surface area (TPSA) is 38.7 Å². The largest absolute Gasteiger partial charge is 0.243 e. The predicted molar refractivity (Wildman–Crippen MR) is 163 cm³/mol. The Labute approximate surface area is 229 Å². The van der Waals surface area contributed by atoms with Crippen molar-refractivity contribution in [1.82, 2.24) is 15.0 Å². The number of aromatic nitrogens is 3. The van der Waals surface area contributed by atoms with Crippen molar-refractivity contribution in [2.24, 2.45) is 0 Å². The van der Waals surface area contributed by atoms with Gasteiger partial charge >= 0.3 is 0 Å². The third kappa shape index (κ3) is 5.57. The minimum absolute atomic E-state index is 0.889. The zero-order chi connectivity index (χ0) is 25.0. The maximum Gasteiger partial charge on any atom is 0.143 e. The summed E-state index contributed by atoms with van der Waals surface area (Å²) < 4.78 is 2.35. The van der Waals surface area contributed by atoms with Crippen molar-refractivity contribution in [2.45, 2.75) is 39.0 Å². The number of para-hydroxylation sites is 2. The van der Waals surface area contributed by atoms with E-state index in [1.807, 2.05) is 23.5 Å². The first kappa shape index (κ1) is 24.2. The molecule has 184 valence electrons. The number of rotatable bonds is 9. The van der Waals surface area contributed by atoms with Crippen molar-refractivity contribution in [3.63, 3.8) is 0 Å². The molecule has 6 rings (SSSR count). The summed E-state index contributed by atoms with van der Waals surface area (Å²) in [7, 11) is 0. The molecule has 0 N–H and O–H groups in total. The molecule has 0 unspecified atom stereocenters. The van der Waals surface area contributed by atoms with Gasteiger partial charge in [-0.3, -0.25) is 0 Å². The van der Waals surface area contributed by atoms with Crippen LogP contribution in [0.25, 0.3) is 54.0 Å². The molecule has 4 heterocycles. The Morgan fingerprint density at radius 2 is 1.30 bits per heavy atom. The number of nitrogens with zero attached hydrogens (tertiary/aromatic N) is 3. The summed E-state index contributed by atoms with van der Waals surface area (Å²) in [4.78, 5) is 17.6. The van der Waals surface area contributed by atoms with E-state index in [4.69, 9.17) is 15.0 Å². The highest BCUT2D eigenvalue weighted by molar-refractivity contribution is 7.22. The molecule has 2 aromatic carbocycles. The second-order valence-electron chi connectivity index (χ2n) is 9.09. The van der Waals surface area contributed by atoms with Crippen molar-refractivity contribution in [3.05, 3.63) is 88.1 Å². The van der Waals surface area contributed by atoms with Gasteiger partial charge in [-0.25, -0.2) is 15.0 Å². The number of thiophene rings is 1. The fourth-order valence-corrected chi connectivity index (χ4v) is 7.16. The molecular formula is C31H27N3S3. The van der Waals surface area contributed by atoms with Crippen LogP contribution >= 0.6 is 34.0 Å². The van der Waals surface area contributed by atoms with Crippen LogP contribution in [-0.4, -0.2) is 15.0 Å². The van der Waals surface area contributed by atoms with Crippen molar-refractivity contribution in [3.8, 4) is 21.4 Å². The van der Waals surface area contributed by atoms with E-state index >= 15 is 0 Å². The zero-order valence-corrected chi connectivity index (χ0v) is 23.1. The molecule has 0 spiro atoms. The Morgan fingerprint density at radius 3 is 1.92 bits per heavy atom. The minimum atomic E-state index is 0.889. The molecule has 0 amide bonds. The van der Waals surface area contributed by atoms with Gasteiger partial charge in [-0.2, -0.15) is 0 Å². The van der Waals surface area contributed by atoms with E-state index in [9.17, 15) is 0 Å². The van der Waals surface area contributed by atoms with E-state index < -0.39 is 0 Å². The Morgan fingerprint density at radius 1 is 0.649 bits per heavy atom. The summed E-state index contributed by atoms with van der Waals surface area (Å²) in [5, 5.41) is 1.87. The van der Waals surface area contributed by atoms with Crippen LogP contribution in [-0.2, 0) is 6.42 Å². The van der Waals surface area contributed by atoms with Crippen LogP contribution in [0.15, 0.2) is 72.8 Å². The summed E-state index contributed by atoms with van der Waals surface area (Å²) in [6.07, 6.45) is 10.8. The van der Waals surface area contributed by atoms with Crippen LogP contribution in [0.1, 0.15) is 47.9 Å². The van der Waals surface area contributed by atoms with Gasteiger partial charge in [0.15, 0.2) is 0 Å². The molecular weight excluding hydrogens is 511 g/mol. The van der Waals surface area contributed by atoms with E-state index in [1.165, 1.54) is 51.3 Å². The minimum Gasteiger partial charge on any atom is -0.243 e. The number of benzene rings is 2. The third-order valence-electron chi connectivity index (χ3n) is 6.27. The van der Waals surface area contributed by atoms with Crippen LogP contribution in [0.2, 0.25) is 0 Å². The summed E-state index contributed by atoms with van der Waals surface area (Å²) in [5.41, 5.74) is 4.91. The Hall–Kier alpha value is -3.19. The van der Waals surface area contributed by atoms with Gasteiger partial charge in [0.2, 0.25) is 0 Å². The number of hydrogen-bond acceptors (Lipinski definition) is 6. The number of fused-ring (bicyclic) bond motifs is 2. The fraction of sp³-hybridized carbons (Fsp3) is 0.194. The second-order valence-corrected chi connectivity index (χ2v) is 12.4. The van der Waals surface area contributed by atoms with Crippen LogP contribution < -0.4 is 0 Å². The van der Waals surface area contributed by atoms with Crippen molar-refractivity contribution in [1.29, 1.82) is 0 Å². The lowest BCUT2D eigenvalue weighted by Crippen LogP contribution is -1.90. The van der Waals surface area contributed by atoms with Gasteiger partial charge in [-0.15, -0.1) is 34.0 Å². The van der Waals surface area contributed by atoms with Gasteiger partial charge in [-0.05, 0) is 73.0 Å². The standard InChI is InChI=1S/C31H27N3S3/c1-2-3-4-5-10-22-17-18-23(35-22)16-15-21-19-26(30-33-24-11-6-8-13-28(24)36-30)32-27(20-21)31-34-25-12-7-9-14-29(25)37-31/h6-9,11-20H,2-5,10H2,1H3/b16-15+. The highest BCUT2D eigenvalue weighted by Crippen LogP contribution is 2.34. The highest BCUT2D eigenvalue weighted by atomic mass is 32.1. The second kappa shape index (κ2) is 11.1. The Bertz CT molecular complexity index is 1530. The van der Waals surface area contributed by atoms with Gasteiger partial charge < -0.3 is 0 Å². The first-order valence-corrected chi connectivity index (χ1v) is 15.2. The van der Waals surface area contributed by atoms with E-state index in [2.05, 4.69) is 79.7 Å². The zero-order valence-electron chi connectivity index (χ0n) is 20.7. The molecule has 0 fully saturated rings. The molecule has 6 heteroatoms. The van der Waals surface area contributed by atoms with Crippen molar-refractivity contribution in [2.75, 3.05) is 0 Å². The smallest absolute Gasteiger partial charge is 0.143 e. The van der Waals surface area contributed by atoms with Crippen molar-refractivity contribution < 1.29 is 0 Å². The molecule has 0 atom stereocenters.